The largest absolute Gasteiger partial charge is 0.397 e. The molecule has 1 nitrogen and oxygen atoms in total. The first kappa shape index (κ1) is 8.97. The molecule has 0 aromatic carbocycles. The van der Waals surface area contributed by atoms with E-state index in [-0.39, 0.29) is 6.61 Å². The maximum atomic E-state index is 7.57. The highest BCUT2D eigenvalue weighted by molar-refractivity contribution is 9.10. The number of thiophene rings is 2. The van der Waals surface area contributed by atoms with Crippen LogP contribution in [0.25, 0.3) is 9.40 Å². The van der Waals surface area contributed by atoms with Gasteiger partial charge in [-0.2, -0.15) is 0 Å². The Bertz CT molecular complexity index is 304. The summed E-state index contributed by atoms with van der Waals surface area (Å²) in [5, 5.41) is 7.57. The molecule has 2 heterocycles. The minimum absolute atomic E-state index is 0.250. The smallest absolute Gasteiger partial charge is 0.0419 e. The number of fused-ring (bicyclic) bond motifs is 2. The van der Waals surface area contributed by atoms with Crippen LogP contribution in [0.3, 0.4) is 0 Å². The summed E-state index contributed by atoms with van der Waals surface area (Å²) in [6.45, 7) is 1.93. The monoisotopic (exact) mass is 232 g/mol. The normalized spacial score (nSPS) is 9.73. The number of aliphatic hydroxyl groups is 1. The standard InChI is InChI=1S/C6H3BrS.C2H6O/c7-5-3-4-1-2-6(5)8-4;1-2-3/h1-3H;3H,2H2,1H3. The predicted octanol–water partition coefficient (Wildman–Crippen LogP) is 3.10. The fourth-order valence-corrected chi connectivity index (χ4v) is 2.39. The lowest BCUT2D eigenvalue weighted by Crippen LogP contribution is -1.57. The minimum atomic E-state index is 0.250. The molecule has 0 aliphatic carbocycles. The average molecular weight is 233 g/mol. The summed E-state index contributed by atoms with van der Waals surface area (Å²) in [7, 11) is 0. The van der Waals surface area contributed by atoms with Crippen molar-refractivity contribution in [3.8, 4) is 0 Å². The van der Waals surface area contributed by atoms with Gasteiger partial charge in [0, 0.05) is 20.5 Å². The maximum absolute atomic E-state index is 7.57. The Kier molecular flexibility index (Phi) is 3.30. The van der Waals surface area contributed by atoms with Crippen LogP contribution in [0, 0.1) is 0 Å². The van der Waals surface area contributed by atoms with Crippen molar-refractivity contribution >= 4 is 36.7 Å². The van der Waals surface area contributed by atoms with Crippen LogP contribution in [0.5, 0.6) is 0 Å². The number of rotatable bonds is 0. The van der Waals surface area contributed by atoms with E-state index in [2.05, 4.69) is 34.1 Å². The summed E-state index contributed by atoms with van der Waals surface area (Å²) in [5.74, 6) is 0. The van der Waals surface area contributed by atoms with Gasteiger partial charge in [-0.25, -0.2) is 0 Å². The second kappa shape index (κ2) is 4.04. The molecule has 0 spiro atoms. The van der Waals surface area contributed by atoms with Gasteiger partial charge in [-0.3, -0.25) is 0 Å². The third-order valence-corrected chi connectivity index (χ3v) is 3.12. The molecule has 60 valence electrons. The van der Waals surface area contributed by atoms with Crippen molar-refractivity contribution in [1.29, 1.82) is 0 Å². The first-order valence-corrected chi connectivity index (χ1v) is 4.97. The Morgan fingerprint density at radius 3 is 2.36 bits per heavy atom. The molecule has 0 saturated heterocycles. The molecule has 2 aromatic rings. The molecule has 0 saturated carbocycles. The summed E-state index contributed by atoms with van der Waals surface area (Å²) in [4.78, 5) is 0. The molecule has 11 heavy (non-hydrogen) atoms. The molecule has 0 radical (unpaired) electrons. The fraction of sp³-hybridized carbons (Fsp3) is 0.250. The molecular weight excluding hydrogens is 224 g/mol. The Hall–Kier alpha value is -0.120. The molecule has 0 unspecified atom stereocenters. The molecule has 2 bridgehead atoms. The van der Waals surface area contributed by atoms with E-state index in [0.717, 1.165) is 0 Å². The van der Waals surface area contributed by atoms with Gasteiger partial charge in [0.25, 0.3) is 0 Å². The lowest BCUT2D eigenvalue weighted by molar-refractivity contribution is 0.318. The van der Waals surface area contributed by atoms with Gasteiger partial charge in [-0.15, -0.1) is 11.3 Å². The van der Waals surface area contributed by atoms with E-state index in [9.17, 15) is 0 Å². The Labute approximate surface area is 78.1 Å². The molecule has 0 aliphatic heterocycles. The predicted molar refractivity (Wildman–Crippen MR) is 53.5 cm³/mol. The van der Waals surface area contributed by atoms with E-state index in [1.54, 1.807) is 6.92 Å². The SMILES string of the molecule is Brc1cc2ccc1s2.CCO. The van der Waals surface area contributed by atoms with E-state index in [1.165, 1.54) is 13.9 Å². The lowest BCUT2D eigenvalue weighted by Gasteiger charge is -1.77. The first-order chi connectivity index (χ1) is 5.27. The molecule has 0 fully saturated rings. The van der Waals surface area contributed by atoms with Crippen molar-refractivity contribution < 1.29 is 5.11 Å². The van der Waals surface area contributed by atoms with Crippen LogP contribution in [0.2, 0.25) is 0 Å². The first-order valence-electron chi connectivity index (χ1n) is 3.36. The van der Waals surface area contributed by atoms with Crippen molar-refractivity contribution in [2.24, 2.45) is 0 Å². The highest BCUT2D eigenvalue weighted by Crippen LogP contribution is 2.32. The number of hydrogen-bond donors (Lipinski definition) is 1. The zero-order valence-corrected chi connectivity index (χ0v) is 8.58. The quantitative estimate of drug-likeness (QED) is 0.741. The molecule has 0 amide bonds. The van der Waals surface area contributed by atoms with Gasteiger partial charge in [-0.1, -0.05) is 0 Å². The fourth-order valence-electron chi connectivity index (χ4n) is 0.755. The summed E-state index contributed by atoms with van der Waals surface area (Å²) < 4.78 is 3.94. The Balaban J connectivity index is 0.000000179. The zero-order chi connectivity index (χ0) is 8.27. The summed E-state index contributed by atoms with van der Waals surface area (Å²) in [6, 6.07) is 6.40. The van der Waals surface area contributed by atoms with E-state index < -0.39 is 0 Å². The van der Waals surface area contributed by atoms with Gasteiger partial charge in [0.2, 0.25) is 0 Å². The number of aliphatic hydroxyl groups excluding tert-OH is 1. The van der Waals surface area contributed by atoms with Crippen LogP contribution in [-0.2, 0) is 0 Å². The molecule has 2 rings (SSSR count). The van der Waals surface area contributed by atoms with Crippen molar-refractivity contribution in [3.05, 3.63) is 22.7 Å². The summed E-state index contributed by atoms with van der Waals surface area (Å²) in [5.41, 5.74) is 0. The topological polar surface area (TPSA) is 20.2 Å². The third kappa shape index (κ3) is 2.15. The summed E-state index contributed by atoms with van der Waals surface area (Å²) >= 11 is 5.25. The molecule has 0 aliphatic rings. The van der Waals surface area contributed by atoms with E-state index in [4.69, 9.17) is 5.11 Å². The van der Waals surface area contributed by atoms with Gasteiger partial charge in [0.15, 0.2) is 0 Å². The highest BCUT2D eigenvalue weighted by atomic mass is 79.9. The summed E-state index contributed by atoms with van der Waals surface area (Å²) in [6.07, 6.45) is 0. The lowest BCUT2D eigenvalue weighted by atomic mass is 10.4. The Morgan fingerprint density at radius 2 is 2.18 bits per heavy atom. The number of halogens is 1. The van der Waals surface area contributed by atoms with Crippen LogP contribution < -0.4 is 0 Å². The zero-order valence-electron chi connectivity index (χ0n) is 6.17. The van der Waals surface area contributed by atoms with Crippen LogP contribution >= 0.6 is 27.3 Å². The van der Waals surface area contributed by atoms with Crippen LogP contribution in [0.15, 0.2) is 22.7 Å². The second-order valence-electron chi connectivity index (χ2n) is 2.01. The van der Waals surface area contributed by atoms with Gasteiger partial charge >= 0.3 is 0 Å². The molecule has 0 atom stereocenters. The minimum Gasteiger partial charge on any atom is -0.397 e. The van der Waals surface area contributed by atoms with E-state index in [1.807, 2.05) is 11.3 Å². The van der Waals surface area contributed by atoms with Gasteiger partial charge in [0.05, 0.1) is 0 Å². The van der Waals surface area contributed by atoms with Gasteiger partial charge in [0.1, 0.15) is 0 Å². The van der Waals surface area contributed by atoms with Crippen LogP contribution in [0.1, 0.15) is 6.92 Å². The maximum Gasteiger partial charge on any atom is 0.0419 e. The average Bonchev–Trinajstić information content (AvgIpc) is 2.48. The molecule has 1 N–H and O–H groups in total. The highest BCUT2D eigenvalue weighted by Gasteiger charge is 1.98. The third-order valence-electron chi connectivity index (χ3n) is 1.13. The van der Waals surface area contributed by atoms with Gasteiger partial charge in [-0.05, 0) is 41.1 Å². The van der Waals surface area contributed by atoms with Crippen molar-refractivity contribution in [2.75, 3.05) is 6.61 Å². The van der Waals surface area contributed by atoms with E-state index >= 15 is 0 Å². The molecular formula is C8H9BrOS. The molecule has 3 heteroatoms. The van der Waals surface area contributed by atoms with Crippen LogP contribution in [0.4, 0.5) is 0 Å². The number of benzene rings is 1. The van der Waals surface area contributed by atoms with Gasteiger partial charge < -0.3 is 5.11 Å². The number of hydrogen-bond acceptors (Lipinski definition) is 2. The second-order valence-corrected chi connectivity index (χ2v) is 3.98. The molecule has 2 aromatic heterocycles. The van der Waals surface area contributed by atoms with Crippen LogP contribution in [-0.4, -0.2) is 11.7 Å². The van der Waals surface area contributed by atoms with Crippen molar-refractivity contribution in [3.63, 3.8) is 0 Å². The van der Waals surface area contributed by atoms with Crippen molar-refractivity contribution in [1.82, 2.24) is 0 Å². The Morgan fingerprint density at radius 1 is 1.55 bits per heavy atom. The van der Waals surface area contributed by atoms with E-state index in [0.29, 0.717) is 0 Å². The van der Waals surface area contributed by atoms with Crippen molar-refractivity contribution in [2.45, 2.75) is 6.92 Å².